The van der Waals surface area contributed by atoms with Crippen LogP contribution in [0.5, 0.6) is 0 Å². The lowest BCUT2D eigenvalue weighted by Gasteiger charge is -2.40. The standard InChI is InChI=1S/C14H28N2O/c1-2-10-17-14-5-3-4-13(11-14)16-8-6-12(15)7-9-16/h12-14H,2-11,15H2,1H3/t13-,14+/m1/s1. The third-order valence-corrected chi connectivity index (χ3v) is 4.25. The number of piperidine rings is 1. The van der Waals surface area contributed by atoms with E-state index < -0.39 is 0 Å². The molecule has 2 atom stereocenters. The predicted octanol–water partition coefficient (Wildman–Crippen LogP) is 2.15. The van der Waals surface area contributed by atoms with Gasteiger partial charge in [-0.2, -0.15) is 0 Å². The summed E-state index contributed by atoms with van der Waals surface area (Å²) in [6.45, 7) is 5.52. The van der Waals surface area contributed by atoms with Gasteiger partial charge in [0.25, 0.3) is 0 Å². The summed E-state index contributed by atoms with van der Waals surface area (Å²) in [5.41, 5.74) is 5.97. The van der Waals surface area contributed by atoms with Gasteiger partial charge in [-0.15, -0.1) is 0 Å². The fraction of sp³-hybridized carbons (Fsp3) is 1.00. The first-order chi connectivity index (χ1) is 8.29. The van der Waals surface area contributed by atoms with Gasteiger partial charge in [-0.25, -0.2) is 0 Å². The van der Waals surface area contributed by atoms with Gasteiger partial charge in [0.1, 0.15) is 0 Å². The van der Waals surface area contributed by atoms with E-state index in [1.54, 1.807) is 0 Å². The molecule has 0 bridgehead atoms. The first-order valence-corrected chi connectivity index (χ1v) is 7.40. The van der Waals surface area contributed by atoms with Gasteiger partial charge in [0.15, 0.2) is 0 Å². The van der Waals surface area contributed by atoms with Crippen molar-refractivity contribution in [3.8, 4) is 0 Å². The minimum Gasteiger partial charge on any atom is -0.378 e. The zero-order chi connectivity index (χ0) is 12.1. The summed E-state index contributed by atoms with van der Waals surface area (Å²) in [5, 5.41) is 0. The minimum absolute atomic E-state index is 0.446. The third-order valence-electron chi connectivity index (χ3n) is 4.25. The maximum atomic E-state index is 5.97. The molecule has 1 heterocycles. The van der Waals surface area contributed by atoms with E-state index in [1.165, 1.54) is 51.6 Å². The van der Waals surface area contributed by atoms with Crippen molar-refractivity contribution in [3.63, 3.8) is 0 Å². The molecular weight excluding hydrogens is 212 g/mol. The van der Waals surface area contributed by atoms with Crippen molar-refractivity contribution in [1.29, 1.82) is 0 Å². The topological polar surface area (TPSA) is 38.5 Å². The molecule has 2 rings (SSSR count). The van der Waals surface area contributed by atoms with Crippen LogP contribution in [-0.2, 0) is 4.74 Å². The molecule has 3 nitrogen and oxygen atoms in total. The quantitative estimate of drug-likeness (QED) is 0.818. The normalized spacial score (nSPS) is 32.8. The smallest absolute Gasteiger partial charge is 0.0590 e. The highest BCUT2D eigenvalue weighted by Gasteiger charge is 2.29. The second-order valence-corrected chi connectivity index (χ2v) is 5.69. The first kappa shape index (κ1) is 13.3. The molecule has 1 aliphatic carbocycles. The minimum atomic E-state index is 0.446. The van der Waals surface area contributed by atoms with Crippen molar-refractivity contribution < 1.29 is 4.74 Å². The van der Waals surface area contributed by atoms with Crippen LogP contribution in [0.2, 0.25) is 0 Å². The van der Waals surface area contributed by atoms with Gasteiger partial charge in [0.2, 0.25) is 0 Å². The number of hydrogen-bond donors (Lipinski definition) is 1. The summed E-state index contributed by atoms with van der Waals surface area (Å²) < 4.78 is 5.92. The fourth-order valence-corrected chi connectivity index (χ4v) is 3.17. The third kappa shape index (κ3) is 3.94. The molecule has 0 aromatic heterocycles. The molecule has 2 fully saturated rings. The summed E-state index contributed by atoms with van der Waals surface area (Å²) in [6.07, 6.45) is 9.22. The van der Waals surface area contributed by atoms with Crippen molar-refractivity contribution in [2.45, 2.75) is 70.1 Å². The average molecular weight is 240 g/mol. The number of ether oxygens (including phenoxy) is 1. The highest BCUT2D eigenvalue weighted by molar-refractivity contribution is 4.84. The SMILES string of the molecule is CCCO[C@H]1CCC[C@@H](N2CCC(N)CC2)C1. The lowest BCUT2D eigenvalue weighted by molar-refractivity contribution is -0.00548. The highest BCUT2D eigenvalue weighted by Crippen LogP contribution is 2.27. The van der Waals surface area contributed by atoms with Gasteiger partial charge >= 0.3 is 0 Å². The van der Waals surface area contributed by atoms with Gasteiger partial charge in [-0.05, 0) is 58.0 Å². The Morgan fingerprint density at radius 3 is 2.65 bits per heavy atom. The van der Waals surface area contributed by atoms with Crippen LogP contribution in [0.4, 0.5) is 0 Å². The van der Waals surface area contributed by atoms with E-state index in [2.05, 4.69) is 11.8 Å². The molecule has 0 aromatic carbocycles. The van der Waals surface area contributed by atoms with E-state index in [0.717, 1.165) is 19.1 Å². The van der Waals surface area contributed by atoms with Gasteiger partial charge in [0, 0.05) is 18.7 Å². The van der Waals surface area contributed by atoms with Crippen molar-refractivity contribution in [2.75, 3.05) is 19.7 Å². The largest absolute Gasteiger partial charge is 0.378 e. The fourth-order valence-electron chi connectivity index (χ4n) is 3.17. The Bertz CT molecular complexity index is 214. The molecule has 3 heteroatoms. The molecule has 0 radical (unpaired) electrons. The molecule has 0 amide bonds. The summed E-state index contributed by atoms with van der Waals surface area (Å²) in [6, 6.07) is 1.21. The van der Waals surface area contributed by atoms with E-state index in [9.17, 15) is 0 Å². The van der Waals surface area contributed by atoms with Gasteiger partial charge in [-0.3, -0.25) is 0 Å². The lowest BCUT2D eigenvalue weighted by atomic mass is 9.90. The molecule has 17 heavy (non-hydrogen) atoms. The van der Waals surface area contributed by atoms with Crippen LogP contribution in [0.1, 0.15) is 51.9 Å². The number of nitrogens with zero attached hydrogens (tertiary/aromatic N) is 1. The molecule has 1 saturated heterocycles. The van der Waals surface area contributed by atoms with E-state index in [4.69, 9.17) is 10.5 Å². The summed E-state index contributed by atoms with van der Waals surface area (Å²) in [4.78, 5) is 2.66. The van der Waals surface area contributed by atoms with E-state index in [0.29, 0.717) is 12.1 Å². The van der Waals surface area contributed by atoms with Crippen LogP contribution in [-0.4, -0.2) is 42.8 Å². The molecule has 1 aliphatic heterocycles. The maximum Gasteiger partial charge on any atom is 0.0590 e. The molecule has 0 unspecified atom stereocenters. The monoisotopic (exact) mass is 240 g/mol. The molecule has 0 aromatic rings. The van der Waals surface area contributed by atoms with E-state index in [1.807, 2.05) is 0 Å². The molecule has 2 aliphatic rings. The average Bonchev–Trinajstić information content (AvgIpc) is 2.37. The number of likely N-dealkylation sites (tertiary alicyclic amines) is 1. The first-order valence-electron chi connectivity index (χ1n) is 7.40. The van der Waals surface area contributed by atoms with E-state index in [-0.39, 0.29) is 0 Å². The zero-order valence-electron chi connectivity index (χ0n) is 11.2. The van der Waals surface area contributed by atoms with Crippen LogP contribution >= 0.6 is 0 Å². The Labute approximate surface area is 106 Å². The molecule has 1 saturated carbocycles. The van der Waals surface area contributed by atoms with Crippen LogP contribution in [0.15, 0.2) is 0 Å². The highest BCUT2D eigenvalue weighted by atomic mass is 16.5. The van der Waals surface area contributed by atoms with Gasteiger partial charge in [0.05, 0.1) is 6.10 Å². The number of nitrogens with two attached hydrogens (primary N) is 1. The Morgan fingerprint density at radius 1 is 1.18 bits per heavy atom. The van der Waals surface area contributed by atoms with Crippen molar-refractivity contribution >= 4 is 0 Å². The Balaban J connectivity index is 1.76. The van der Waals surface area contributed by atoms with Gasteiger partial charge < -0.3 is 15.4 Å². The maximum absolute atomic E-state index is 5.97. The van der Waals surface area contributed by atoms with E-state index >= 15 is 0 Å². The summed E-state index contributed by atoms with van der Waals surface area (Å²) >= 11 is 0. The lowest BCUT2D eigenvalue weighted by Crippen LogP contribution is -2.47. The Morgan fingerprint density at radius 2 is 1.94 bits per heavy atom. The van der Waals surface area contributed by atoms with Crippen molar-refractivity contribution in [2.24, 2.45) is 5.73 Å². The summed E-state index contributed by atoms with van der Waals surface area (Å²) in [5.74, 6) is 0. The summed E-state index contributed by atoms with van der Waals surface area (Å²) in [7, 11) is 0. The predicted molar refractivity (Wildman–Crippen MR) is 71.1 cm³/mol. The van der Waals surface area contributed by atoms with Gasteiger partial charge in [-0.1, -0.05) is 6.92 Å². The van der Waals surface area contributed by atoms with Crippen LogP contribution < -0.4 is 5.73 Å². The van der Waals surface area contributed by atoms with Crippen LogP contribution in [0.3, 0.4) is 0 Å². The molecule has 0 spiro atoms. The number of rotatable bonds is 4. The molecule has 100 valence electrons. The van der Waals surface area contributed by atoms with Crippen LogP contribution in [0.25, 0.3) is 0 Å². The van der Waals surface area contributed by atoms with Crippen molar-refractivity contribution in [3.05, 3.63) is 0 Å². The second-order valence-electron chi connectivity index (χ2n) is 5.69. The Hall–Kier alpha value is -0.120. The zero-order valence-corrected chi connectivity index (χ0v) is 11.2. The molecular formula is C14H28N2O. The number of hydrogen-bond acceptors (Lipinski definition) is 3. The van der Waals surface area contributed by atoms with Crippen molar-refractivity contribution in [1.82, 2.24) is 4.90 Å². The van der Waals surface area contributed by atoms with Crippen LogP contribution in [0, 0.1) is 0 Å². The molecule has 2 N–H and O–H groups in total. The second kappa shape index (κ2) is 6.72. The Kier molecular flexibility index (Phi) is 5.26.